The first-order valence-electron chi connectivity index (χ1n) is 7.90. The van der Waals surface area contributed by atoms with Gasteiger partial charge in [0.1, 0.15) is 10.3 Å². The Morgan fingerprint density at radius 3 is 3.04 bits per heavy atom. The molecule has 0 spiro atoms. The second-order valence-electron chi connectivity index (χ2n) is 6.46. The summed E-state index contributed by atoms with van der Waals surface area (Å²) in [6, 6.07) is 4.15. The molecular weight excluding hydrogens is 360 g/mol. The van der Waals surface area contributed by atoms with Gasteiger partial charge in [0.15, 0.2) is 5.69 Å². The van der Waals surface area contributed by atoms with Crippen LogP contribution in [-0.4, -0.2) is 34.2 Å². The number of fused-ring (bicyclic) bond motifs is 1. The minimum atomic E-state index is -0.406. The van der Waals surface area contributed by atoms with Crippen LogP contribution in [0.3, 0.4) is 0 Å². The summed E-state index contributed by atoms with van der Waals surface area (Å²) in [5.74, 6) is 0.0436. The van der Waals surface area contributed by atoms with Crippen LogP contribution >= 0.6 is 15.9 Å². The Hall–Kier alpha value is -1.40. The molecular formula is C17H21BrN2O3. The number of rotatable bonds is 3. The van der Waals surface area contributed by atoms with Gasteiger partial charge in [-0.2, -0.15) is 0 Å². The smallest absolute Gasteiger partial charge is 0.359 e. The number of esters is 1. The molecule has 0 amide bonds. The standard InChI is InChI=1S/C17H21BrN2O3/c1-4-22-16(21)14-15(18)20-7-5-11(9-13(20)19-14)12-6-8-23-17(2,3)10-12/h5,7,9,12H,4,6,8,10H2,1-3H3. The molecule has 1 aliphatic heterocycles. The second kappa shape index (κ2) is 6.24. The summed E-state index contributed by atoms with van der Waals surface area (Å²) >= 11 is 3.44. The van der Waals surface area contributed by atoms with Crippen molar-refractivity contribution < 1.29 is 14.3 Å². The summed E-state index contributed by atoms with van der Waals surface area (Å²) in [6.45, 7) is 7.15. The van der Waals surface area contributed by atoms with Crippen LogP contribution in [0, 0.1) is 0 Å². The SMILES string of the molecule is CCOC(=O)c1nc2cc(C3CCOC(C)(C)C3)ccn2c1Br. The van der Waals surface area contributed by atoms with Crippen molar-refractivity contribution in [2.24, 2.45) is 0 Å². The van der Waals surface area contributed by atoms with Crippen molar-refractivity contribution in [1.82, 2.24) is 9.38 Å². The molecule has 2 aromatic heterocycles. The third kappa shape index (κ3) is 3.28. The van der Waals surface area contributed by atoms with E-state index < -0.39 is 5.97 Å². The molecule has 1 saturated heterocycles. The first-order valence-corrected chi connectivity index (χ1v) is 8.69. The van der Waals surface area contributed by atoms with E-state index in [1.165, 1.54) is 5.56 Å². The van der Waals surface area contributed by atoms with Crippen LogP contribution in [0.25, 0.3) is 5.65 Å². The van der Waals surface area contributed by atoms with Gasteiger partial charge in [0, 0.05) is 12.8 Å². The molecule has 0 aromatic carbocycles. The highest BCUT2D eigenvalue weighted by Gasteiger charge is 2.30. The summed E-state index contributed by atoms with van der Waals surface area (Å²) in [6.07, 6.45) is 3.94. The highest BCUT2D eigenvalue weighted by molar-refractivity contribution is 9.10. The van der Waals surface area contributed by atoms with Crippen molar-refractivity contribution in [3.63, 3.8) is 0 Å². The van der Waals surface area contributed by atoms with Gasteiger partial charge in [0.25, 0.3) is 0 Å². The Balaban J connectivity index is 1.94. The number of carbonyl (C=O) groups excluding carboxylic acids is 1. The topological polar surface area (TPSA) is 52.8 Å². The number of carbonyl (C=O) groups is 1. The fraction of sp³-hybridized carbons (Fsp3) is 0.529. The maximum atomic E-state index is 12.0. The van der Waals surface area contributed by atoms with Crippen LogP contribution < -0.4 is 0 Å². The number of pyridine rings is 1. The van der Waals surface area contributed by atoms with Gasteiger partial charge in [0.05, 0.1) is 12.2 Å². The normalized spacial score (nSPS) is 20.6. The van der Waals surface area contributed by atoms with Gasteiger partial charge >= 0.3 is 5.97 Å². The molecule has 1 fully saturated rings. The van der Waals surface area contributed by atoms with E-state index in [1.807, 2.05) is 10.6 Å². The van der Waals surface area contributed by atoms with E-state index in [2.05, 4.69) is 46.9 Å². The molecule has 124 valence electrons. The molecule has 3 rings (SSSR count). The van der Waals surface area contributed by atoms with Crippen LogP contribution in [0.2, 0.25) is 0 Å². The van der Waals surface area contributed by atoms with E-state index >= 15 is 0 Å². The van der Waals surface area contributed by atoms with E-state index in [9.17, 15) is 4.79 Å². The van der Waals surface area contributed by atoms with E-state index in [0.717, 1.165) is 25.1 Å². The molecule has 1 atom stereocenters. The zero-order valence-corrected chi connectivity index (χ0v) is 15.2. The lowest BCUT2D eigenvalue weighted by Gasteiger charge is -2.35. The molecule has 0 bridgehead atoms. The monoisotopic (exact) mass is 380 g/mol. The number of hydrogen-bond acceptors (Lipinski definition) is 4. The van der Waals surface area contributed by atoms with Crippen molar-refractivity contribution >= 4 is 27.5 Å². The van der Waals surface area contributed by atoms with Gasteiger partial charge in [-0.25, -0.2) is 9.78 Å². The maximum Gasteiger partial charge on any atom is 0.359 e. The summed E-state index contributed by atoms with van der Waals surface area (Å²) in [5, 5.41) is 0. The van der Waals surface area contributed by atoms with Crippen LogP contribution in [0.15, 0.2) is 22.9 Å². The predicted molar refractivity (Wildman–Crippen MR) is 90.9 cm³/mol. The van der Waals surface area contributed by atoms with Gasteiger partial charge in [-0.05, 0) is 73.2 Å². The molecule has 5 nitrogen and oxygen atoms in total. The van der Waals surface area contributed by atoms with Gasteiger partial charge in [-0.15, -0.1) is 0 Å². The minimum absolute atomic E-state index is 0.0961. The van der Waals surface area contributed by atoms with Crippen molar-refractivity contribution in [3.05, 3.63) is 34.2 Å². The average molecular weight is 381 g/mol. The fourth-order valence-corrected chi connectivity index (χ4v) is 3.68. The van der Waals surface area contributed by atoms with Crippen molar-refractivity contribution in [3.8, 4) is 0 Å². The number of hydrogen-bond donors (Lipinski definition) is 0. The second-order valence-corrected chi connectivity index (χ2v) is 7.21. The zero-order valence-electron chi connectivity index (χ0n) is 13.6. The number of aromatic nitrogens is 2. The molecule has 0 saturated carbocycles. The Bertz CT molecular complexity index is 739. The lowest BCUT2D eigenvalue weighted by molar-refractivity contribution is -0.0593. The predicted octanol–water partition coefficient (Wildman–Crippen LogP) is 3.95. The van der Waals surface area contributed by atoms with Gasteiger partial charge in [-0.1, -0.05) is 0 Å². The number of ether oxygens (including phenoxy) is 2. The quantitative estimate of drug-likeness (QED) is 0.756. The Morgan fingerprint density at radius 2 is 2.35 bits per heavy atom. The number of imidazole rings is 1. The van der Waals surface area contributed by atoms with Gasteiger partial charge < -0.3 is 9.47 Å². The molecule has 0 N–H and O–H groups in total. The highest BCUT2D eigenvalue weighted by atomic mass is 79.9. The zero-order chi connectivity index (χ0) is 16.6. The lowest BCUT2D eigenvalue weighted by atomic mass is 9.84. The largest absolute Gasteiger partial charge is 0.461 e. The first-order chi connectivity index (χ1) is 10.9. The molecule has 0 radical (unpaired) electrons. The van der Waals surface area contributed by atoms with Crippen LogP contribution in [0.5, 0.6) is 0 Å². The molecule has 6 heteroatoms. The van der Waals surface area contributed by atoms with E-state index in [-0.39, 0.29) is 5.60 Å². The summed E-state index contributed by atoms with van der Waals surface area (Å²) in [5.41, 5.74) is 2.21. The molecule has 0 aliphatic carbocycles. The number of nitrogens with zero attached hydrogens (tertiary/aromatic N) is 2. The van der Waals surface area contributed by atoms with Crippen molar-refractivity contribution in [2.45, 2.75) is 45.1 Å². The van der Waals surface area contributed by atoms with E-state index in [0.29, 0.717) is 22.8 Å². The third-order valence-corrected chi connectivity index (χ3v) is 4.99. The molecule has 2 aromatic rings. The Morgan fingerprint density at radius 1 is 1.57 bits per heavy atom. The molecule has 3 heterocycles. The van der Waals surface area contributed by atoms with Crippen molar-refractivity contribution in [1.29, 1.82) is 0 Å². The van der Waals surface area contributed by atoms with Crippen LogP contribution in [0.4, 0.5) is 0 Å². The first kappa shape index (κ1) is 16.5. The third-order valence-electron chi connectivity index (χ3n) is 4.23. The summed E-state index contributed by atoms with van der Waals surface area (Å²) < 4.78 is 13.3. The lowest BCUT2D eigenvalue weighted by Crippen LogP contribution is -2.33. The highest BCUT2D eigenvalue weighted by Crippen LogP contribution is 2.36. The van der Waals surface area contributed by atoms with E-state index in [1.54, 1.807) is 6.92 Å². The van der Waals surface area contributed by atoms with Gasteiger partial charge in [0.2, 0.25) is 0 Å². The van der Waals surface area contributed by atoms with Gasteiger partial charge in [-0.3, -0.25) is 4.40 Å². The Labute approximate surface area is 144 Å². The molecule has 23 heavy (non-hydrogen) atoms. The van der Waals surface area contributed by atoms with E-state index in [4.69, 9.17) is 9.47 Å². The molecule has 1 unspecified atom stereocenters. The Kier molecular flexibility index (Phi) is 4.47. The maximum absolute atomic E-state index is 12.0. The number of halogens is 1. The van der Waals surface area contributed by atoms with Crippen molar-refractivity contribution in [2.75, 3.05) is 13.2 Å². The van der Waals surface area contributed by atoms with Crippen LogP contribution in [0.1, 0.15) is 55.6 Å². The summed E-state index contributed by atoms with van der Waals surface area (Å²) in [4.78, 5) is 16.4. The summed E-state index contributed by atoms with van der Waals surface area (Å²) in [7, 11) is 0. The molecule has 1 aliphatic rings. The minimum Gasteiger partial charge on any atom is -0.461 e. The van der Waals surface area contributed by atoms with Crippen LogP contribution in [-0.2, 0) is 9.47 Å². The average Bonchev–Trinajstić information content (AvgIpc) is 2.83. The fourth-order valence-electron chi connectivity index (χ4n) is 3.13.